The largest absolute Gasteiger partial charge is 0.369 e. The molecule has 124 valence electrons. The predicted octanol–water partition coefficient (Wildman–Crippen LogP) is 0.568. The third-order valence-electron chi connectivity index (χ3n) is 5.43. The molecule has 0 aromatic heterocycles. The molecule has 3 aliphatic rings. The van der Waals surface area contributed by atoms with Crippen molar-refractivity contribution >= 4 is 5.96 Å². The Morgan fingerprint density at radius 2 is 1.83 bits per heavy atom. The lowest BCUT2D eigenvalue weighted by Crippen LogP contribution is -2.50. The fourth-order valence-corrected chi connectivity index (χ4v) is 3.76. The van der Waals surface area contributed by atoms with E-state index in [1.54, 1.807) is 0 Å². The van der Waals surface area contributed by atoms with Gasteiger partial charge in [0.15, 0.2) is 0 Å². The molecule has 23 heavy (non-hydrogen) atoms. The van der Waals surface area contributed by atoms with Gasteiger partial charge in [-0.05, 0) is 49.7 Å². The van der Waals surface area contributed by atoms with Crippen molar-refractivity contribution in [3.8, 4) is 0 Å². The molecule has 1 aliphatic heterocycles. The lowest BCUT2D eigenvalue weighted by Gasteiger charge is -2.31. The summed E-state index contributed by atoms with van der Waals surface area (Å²) in [7, 11) is 0. The summed E-state index contributed by atoms with van der Waals surface area (Å²) in [5.74, 6) is -0.637. The van der Waals surface area contributed by atoms with Crippen molar-refractivity contribution < 1.29 is 0 Å². The van der Waals surface area contributed by atoms with Crippen LogP contribution in [0.4, 0.5) is 0 Å². The normalized spacial score (nSPS) is 30.8. The van der Waals surface area contributed by atoms with Gasteiger partial charge in [-0.1, -0.05) is 24.6 Å². The van der Waals surface area contributed by atoms with E-state index in [0.29, 0.717) is 12.0 Å². The number of aryl methyl sites for hydroxylation is 2. The number of nitrogens with one attached hydrogen (secondary N) is 3. The van der Waals surface area contributed by atoms with Crippen LogP contribution in [0.2, 0.25) is 0 Å². The van der Waals surface area contributed by atoms with Gasteiger partial charge in [0.1, 0.15) is 0 Å². The summed E-state index contributed by atoms with van der Waals surface area (Å²) in [6.45, 7) is 0. The van der Waals surface area contributed by atoms with Crippen LogP contribution in [0, 0.1) is 0 Å². The number of fused-ring (bicyclic) bond motifs is 1. The van der Waals surface area contributed by atoms with Crippen molar-refractivity contribution in [2.24, 2.45) is 16.5 Å². The zero-order valence-electron chi connectivity index (χ0n) is 13.4. The molecule has 2 aliphatic carbocycles. The van der Waals surface area contributed by atoms with Crippen molar-refractivity contribution in [1.29, 1.82) is 0 Å². The summed E-state index contributed by atoms with van der Waals surface area (Å²) in [4.78, 5) is 4.27. The van der Waals surface area contributed by atoms with Crippen LogP contribution in [-0.2, 0) is 18.6 Å². The van der Waals surface area contributed by atoms with Crippen LogP contribution in [0.5, 0.6) is 0 Å². The van der Waals surface area contributed by atoms with Gasteiger partial charge in [-0.2, -0.15) is 5.43 Å². The molecule has 0 bridgehead atoms. The van der Waals surface area contributed by atoms with Crippen LogP contribution in [-0.4, -0.2) is 18.0 Å². The van der Waals surface area contributed by atoms with E-state index in [1.165, 1.54) is 43.2 Å². The fourth-order valence-electron chi connectivity index (χ4n) is 3.76. The number of guanidine groups is 1. The molecule has 1 fully saturated rings. The van der Waals surface area contributed by atoms with Crippen LogP contribution in [0.25, 0.3) is 0 Å². The van der Waals surface area contributed by atoms with E-state index in [9.17, 15) is 0 Å². The molecular formula is C17H26N6. The number of benzene rings is 1. The molecule has 6 heteroatoms. The second-order valence-electron chi connectivity index (χ2n) is 7.07. The van der Waals surface area contributed by atoms with Crippen LogP contribution < -0.4 is 27.6 Å². The van der Waals surface area contributed by atoms with Crippen molar-refractivity contribution in [1.82, 2.24) is 16.2 Å². The van der Waals surface area contributed by atoms with Gasteiger partial charge in [-0.15, -0.1) is 0 Å². The highest BCUT2D eigenvalue weighted by Crippen LogP contribution is 2.28. The Balaban J connectivity index is 1.50. The SMILES string of the molecule is NC1=NC(N)(c2ccc3c(c2)CCC(NC2CCC2)CC3)NN1. The first-order valence-electron chi connectivity index (χ1n) is 8.68. The maximum atomic E-state index is 6.31. The minimum atomic E-state index is -0.963. The van der Waals surface area contributed by atoms with Crippen molar-refractivity contribution in [3.63, 3.8) is 0 Å². The van der Waals surface area contributed by atoms with E-state index < -0.39 is 5.79 Å². The highest BCUT2D eigenvalue weighted by molar-refractivity contribution is 5.79. The lowest BCUT2D eigenvalue weighted by molar-refractivity contribution is 0.290. The zero-order chi connectivity index (χ0) is 15.9. The van der Waals surface area contributed by atoms with Crippen molar-refractivity contribution in [2.45, 2.75) is 62.8 Å². The first kappa shape index (κ1) is 14.9. The number of nitrogens with zero attached hydrogens (tertiary/aromatic N) is 1. The van der Waals surface area contributed by atoms with Gasteiger partial charge in [0, 0.05) is 17.6 Å². The number of aliphatic imine (C=N–C) groups is 1. The second-order valence-corrected chi connectivity index (χ2v) is 7.07. The Hall–Kier alpha value is -1.63. The molecule has 1 aromatic rings. The third kappa shape index (κ3) is 2.94. The maximum absolute atomic E-state index is 6.31. The average Bonchev–Trinajstić information content (AvgIpc) is 2.74. The summed E-state index contributed by atoms with van der Waals surface area (Å²) in [5, 5.41) is 3.83. The molecular weight excluding hydrogens is 288 g/mol. The minimum absolute atomic E-state index is 0.326. The monoisotopic (exact) mass is 314 g/mol. The Morgan fingerprint density at radius 3 is 2.48 bits per heavy atom. The van der Waals surface area contributed by atoms with E-state index >= 15 is 0 Å². The smallest absolute Gasteiger partial charge is 0.209 e. The van der Waals surface area contributed by atoms with Gasteiger partial charge in [0.25, 0.3) is 0 Å². The van der Waals surface area contributed by atoms with Gasteiger partial charge < -0.3 is 11.1 Å². The quantitative estimate of drug-likeness (QED) is 0.525. The maximum Gasteiger partial charge on any atom is 0.209 e. The predicted molar refractivity (Wildman–Crippen MR) is 91.4 cm³/mol. The molecule has 2 atom stereocenters. The Morgan fingerprint density at radius 1 is 1.09 bits per heavy atom. The number of hydrogen-bond acceptors (Lipinski definition) is 6. The van der Waals surface area contributed by atoms with Gasteiger partial charge in [-0.3, -0.25) is 11.2 Å². The Labute approximate surface area is 137 Å². The van der Waals surface area contributed by atoms with Crippen LogP contribution in [0.1, 0.15) is 48.8 Å². The number of nitrogens with two attached hydrogens (primary N) is 2. The van der Waals surface area contributed by atoms with Crippen LogP contribution in [0.3, 0.4) is 0 Å². The van der Waals surface area contributed by atoms with Crippen LogP contribution >= 0.6 is 0 Å². The molecule has 1 aromatic carbocycles. The summed E-state index contributed by atoms with van der Waals surface area (Å²) < 4.78 is 0. The van der Waals surface area contributed by atoms with Gasteiger partial charge in [0.05, 0.1) is 0 Å². The summed E-state index contributed by atoms with van der Waals surface area (Å²) >= 11 is 0. The molecule has 0 saturated heterocycles. The van der Waals surface area contributed by atoms with Gasteiger partial charge in [0.2, 0.25) is 11.7 Å². The first-order valence-corrected chi connectivity index (χ1v) is 8.68. The van der Waals surface area contributed by atoms with E-state index in [-0.39, 0.29) is 0 Å². The molecule has 0 radical (unpaired) electrons. The van der Waals surface area contributed by atoms with Crippen LogP contribution in [0.15, 0.2) is 23.2 Å². The fraction of sp³-hybridized carbons (Fsp3) is 0.588. The molecule has 6 nitrogen and oxygen atoms in total. The highest BCUT2D eigenvalue weighted by Gasteiger charge is 2.32. The van der Waals surface area contributed by atoms with E-state index in [4.69, 9.17) is 11.5 Å². The Bertz CT molecular complexity index is 624. The molecule has 0 amide bonds. The van der Waals surface area contributed by atoms with Crippen molar-refractivity contribution in [3.05, 3.63) is 34.9 Å². The summed E-state index contributed by atoms with van der Waals surface area (Å²) in [5.41, 5.74) is 21.5. The van der Waals surface area contributed by atoms with Crippen molar-refractivity contribution in [2.75, 3.05) is 0 Å². The highest BCUT2D eigenvalue weighted by atomic mass is 15.6. The number of hydrazine groups is 1. The molecule has 1 heterocycles. The number of rotatable bonds is 3. The Kier molecular flexibility index (Phi) is 3.75. The summed E-state index contributed by atoms with van der Waals surface area (Å²) in [6, 6.07) is 7.86. The standard InChI is InChI=1S/C17H26N6/c18-16-21-17(19,23-22-16)13-7-4-11-5-8-15(9-6-12(11)10-13)20-14-2-1-3-14/h4,7,10,14-15,20,23H,1-3,5-6,8-9,19H2,(H3,18,21,22). The average molecular weight is 314 g/mol. The molecule has 7 N–H and O–H groups in total. The molecule has 2 unspecified atom stereocenters. The van der Waals surface area contributed by atoms with E-state index in [1.807, 2.05) is 0 Å². The minimum Gasteiger partial charge on any atom is -0.369 e. The van der Waals surface area contributed by atoms with Gasteiger partial charge >= 0.3 is 0 Å². The second kappa shape index (κ2) is 5.78. The molecule has 0 spiro atoms. The number of hydrogen-bond donors (Lipinski definition) is 5. The molecule has 4 rings (SSSR count). The summed E-state index contributed by atoms with van der Waals surface area (Å²) in [6.07, 6.45) is 8.73. The zero-order valence-corrected chi connectivity index (χ0v) is 13.4. The van der Waals surface area contributed by atoms with E-state index in [0.717, 1.165) is 24.4 Å². The first-order chi connectivity index (χ1) is 11.1. The van der Waals surface area contributed by atoms with E-state index in [2.05, 4.69) is 39.4 Å². The lowest BCUT2D eigenvalue weighted by atomic mass is 9.91. The topological polar surface area (TPSA) is 100 Å². The third-order valence-corrected chi connectivity index (χ3v) is 5.43. The molecule has 1 saturated carbocycles. The van der Waals surface area contributed by atoms with Gasteiger partial charge in [-0.25, -0.2) is 4.99 Å².